The quantitative estimate of drug-likeness (QED) is 0.778. The van der Waals surface area contributed by atoms with Crippen LogP contribution < -0.4 is 5.73 Å². The molecule has 3 N–H and O–H groups in total. The Kier molecular flexibility index (Phi) is 2.80. The van der Waals surface area contributed by atoms with E-state index in [2.05, 4.69) is 25.6 Å². The average molecular weight is 250 g/mol. The van der Waals surface area contributed by atoms with Crippen LogP contribution in [-0.2, 0) is 10.2 Å². The molecule has 3 rings (SSSR count). The van der Waals surface area contributed by atoms with Gasteiger partial charge in [-0.15, -0.1) is 0 Å². The molecule has 1 aliphatic rings. The summed E-state index contributed by atoms with van der Waals surface area (Å²) in [5, 5.41) is 14.1. The normalized spacial score (nSPS) is 18.9. The van der Waals surface area contributed by atoms with E-state index in [0.29, 0.717) is 37.2 Å². The first-order chi connectivity index (χ1) is 8.84. The third-order valence-electron chi connectivity index (χ3n) is 3.36. The molecule has 18 heavy (non-hydrogen) atoms. The lowest BCUT2D eigenvalue weighted by molar-refractivity contribution is 0.0409. The van der Waals surface area contributed by atoms with Crippen LogP contribution in [0.15, 0.2) is 10.7 Å². The molecule has 0 radical (unpaired) electrons. The molecule has 0 saturated carbocycles. The summed E-state index contributed by atoms with van der Waals surface area (Å²) in [6.45, 7) is 1.80. The van der Waals surface area contributed by atoms with Gasteiger partial charge in [-0.05, 0) is 12.8 Å². The lowest BCUT2D eigenvalue weighted by Crippen LogP contribution is -2.40. The maximum atomic E-state index is 5.88. The van der Waals surface area contributed by atoms with Crippen LogP contribution in [-0.4, -0.2) is 45.3 Å². The Labute approximate surface area is 103 Å². The summed E-state index contributed by atoms with van der Waals surface area (Å²) in [5.74, 6) is 0.990. The molecule has 0 unspecified atom stereocenters. The van der Waals surface area contributed by atoms with Crippen molar-refractivity contribution in [1.82, 2.24) is 25.6 Å². The molecule has 1 saturated heterocycles. The van der Waals surface area contributed by atoms with E-state index < -0.39 is 0 Å². The van der Waals surface area contributed by atoms with Crippen LogP contribution in [0.3, 0.4) is 0 Å². The molecule has 3 heterocycles. The molecular weight excluding hydrogens is 236 g/mol. The summed E-state index contributed by atoms with van der Waals surface area (Å²) in [5.41, 5.74) is 6.17. The molecule has 1 fully saturated rings. The minimum Gasteiger partial charge on any atom is -0.381 e. The number of aromatic amines is 1. The Morgan fingerprint density at radius 1 is 1.39 bits per heavy atom. The fourth-order valence-electron chi connectivity index (χ4n) is 2.12. The number of hydrogen-bond donors (Lipinski definition) is 2. The summed E-state index contributed by atoms with van der Waals surface area (Å²) < 4.78 is 10.7. The number of nitrogens with one attached hydrogen (secondary N) is 1. The molecule has 0 amide bonds. The molecule has 2 aromatic rings. The van der Waals surface area contributed by atoms with Gasteiger partial charge in [0, 0.05) is 19.8 Å². The summed E-state index contributed by atoms with van der Waals surface area (Å²) in [7, 11) is 0. The van der Waals surface area contributed by atoms with Crippen molar-refractivity contribution in [2.24, 2.45) is 5.73 Å². The minimum absolute atomic E-state index is 0.271. The van der Waals surface area contributed by atoms with Crippen molar-refractivity contribution >= 4 is 0 Å². The van der Waals surface area contributed by atoms with E-state index in [1.165, 1.54) is 0 Å². The summed E-state index contributed by atoms with van der Waals surface area (Å²) in [6.07, 6.45) is 3.14. The van der Waals surface area contributed by atoms with E-state index in [1.807, 2.05) is 0 Å². The van der Waals surface area contributed by atoms with Crippen molar-refractivity contribution in [2.45, 2.75) is 18.3 Å². The fraction of sp³-hybridized carbons (Fsp3) is 0.600. The molecule has 8 heteroatoms. The Hall–Kier alpha value is -1.80. The first-order valence-electron chi connectivity index (χ1n) is 5.82. The highest BCUT2D eigenvalue weighted by molar-refractivity contribution is 5.45. The van der Waals surface area contributed by atoms with E-state index in [4.69, 9.17) is 15.0 Å². The predicted octanol–water partition coefficient (Wildman–Crippen LogP) is -0.138. The lowest BCUT2D eigenvalue weighted by atomic mass is 9.80. The highest BCUT2D eigenvalue weighted by Crippen LogP contribution is 2.33. The third kappa shape index (κ3) is 1.79. The van der Waals surface area contributed by atoms with Gasteiger partial charge in [0.05, 0.1) is 11.6 Å². The highest BCUT2D eigenvalue weighted by atomic mass is 16.5. The van der Waals surface area contributed by atoms with Gasteiger partial charge < -0.3 is 15.0 Å². The zero-order chi connectivity index (χ0) is 12.4. The maximum Gasteiger partial charge on any atom is 0.234 e. The number of rotatable bonds is 3. The lowest BCUT2D eigenvalue weighted by Gasteiger charge is -2.32. The number of aromatic nitrogens is 5. The van der Waals surface area contributed by atoms with Crippen molar-refractivity contribution < 1.29 is 9.26 Å². The molecule has 0 atom stereocenters. The van der Waals surface area contributed by atoms with Crippen LogP contribution in [0.25, 0.3) is 11.5 Å². The van der Waals surface area contributed by atoms with Crippen LogP contribution >= 0.6 is 0 Å². The second-order valence-corrected chi connectivity index (χ2v) is 4.38. The molecular formula is C10H14N6O2. The summed E-state index contributed by atoms with van der Waals surface area (Å²) >= 11 is 0. The van der Waals surface area contributed by atoms with Crippen LogP contribution in [0.1, 0.15) is 18.7 Å². The van der Waals surface area contributed by atoms with Gasteiger partial charge in [-0.3, -0.25) is 0 Å². The first kappa shape index (κ1) is 11.3. The van der Waals surface area contributed by atoms with E-state index in [-0.39, 0.29) is 5.41 Å². The average Bonchev–Trinajstić information content (AvgIpc) is 3.10. The SMILES string of the molecule is NCC1(c2nc(-c3cn[nH]n3)no2)CCOCC1. The second-order valence-electron chi connectivity index (χ2n) is 4.38. The van der Waals surface area contributed by atoms with Gasteiger partial charge in [-0.1, -0.05) is 5.16 Å². The number of nitrogens with zero attached hydrogens (tertiary/aromatic N) is 4. The van der Waals surface area contributed by atoms with Gasteiger partial charge in [-0.25, -0.2) is 0 Å². The van der Waals surface area contributed by atoms with Gasteiger partial charge in [0.25, 0.3) is 0 Å². The molecule has 0 bridgehead atoms. The maximum absolute atomic E-state index is 5.88. The number of ether oxygens (including phenoxy) is 1. The van der Waals surface area contributed by atoms with Gasteiger partial charge in [-0.2, -0.15) is 20.4 Å². The summed E-state index contributed by atoms with van der Waals surface area (Å²) in [6, 6.07) is 0. The van der Waals surface area contributed by atoms with Crippen LogP contribution in [0, 0.1) is 0 Å². The van der Waals surface area contributed by atoms with Gasteiger partial charge in [0.15, 0.2) is 5.69 Å². The first-order valence-corrected chi connectivity index (χ1v) is 5.82. The largest absolute Gasteiger partial charge is 0.381 e. The Balaban J connectivity index is 1.92. The zero-order valence-corrected chi connectivity index (χ0v) is 9.80. The van der Waals surface area contributed by atoms with Crippen molar-refractivity contribution in [1.29, 1.82) is 0 Å². The number of H-pyrrole nitrogens is 1. The van der Waals surface area contributed by atoms with E-state index in [0.717, 1.165) is 12.8 Å². The van der Waals surface area contributed by atoms with Crippen molar-refractivity contribution in [2.75, 3.05) is 19.8 Å². The topological polar surface area (TPSA) is 116 Å². The smallest absolute Gasteiger partial charge is 0.234 e. The van der Waals surface area contributed by atoms with E-state index >= 15 is 0 Å². The summed E-state index contributed by atoms with van der Waals surface area (Å²) in [4.78, 5) is 4.38. The molecule has 0 spiro atoms. The molecule has 96 valence electrons. The Bertz CT molecular complexity index is 502. The molecule has 0 aliphatic carbocycles. The number of nitrogens with two attached hydrogens (primary N) is 1. The molecule has 8 nitrogen and oxygen atoms in total. The van der Waals surface area contributed by atoms with E-state index in [9.17, 15) is 0 Å². The van der Waals surface area contributed by atoms with Gasteiger partial charge in [0.1, 0.15) is 0 Å². The fourth-order valence-corrected chi connectivity index (χ4v) is 2.12. The zero-order valence-electron chi connectivity index (χ0n) is 9.80. The van der Waals surface area contributed by atoms with Gasteiger partial charge in [0.2, 0.25) is 11.7 Å². The van der Waals surface area contributed by atoms with Crippen LogP contribution in [0.5, 0.6) is 0 Å². The van der Waals surface area contributed by atoms with Crippen LogP contribution in [0.4, 0.5) is 0 Å². The van der Waals surface area contributed by atoms with Crippen molar-refractivity contribution in [3.05, 3.63) is 12.1 Å². The minimum atomic E-state index is -0.271. The molecule has 0 aromatic carbocycles. The van der Waals surface area contributed by atoms with E-state index in [1.54, 1.807) is 6.20 Å². The Morgan fingerprint density at radius 3 is 2.89 bits per heavy atom. The molecule has 2 aromatic heterocycles. The monoisotopic (exact) mass is 250 g/mol. The standard InChI is InChI=1S/C10H14N6O2/c11-6-10(1-3-17-4-2-10)9-13-8(15-18-9)7-5-12-16-14-7/h5H,1-4,6,11H2,(H,12,14,16). The third-order valence-corrected chi connectivity index (χ3v) is 3.36. The highest BCUT2D eigenvalue weighted by Gasteiger charge is 2.38. The van der Waals surface area contributed by atoms with Crippen LogP contribution in [0.2, 0.25) is 0 Å². The molecule has 1 aliphatic heterocycles. The van der Waals surface area contributed by atoms with Crippen molar-refractivity contribution in [3.63, 3.8) is 0 Å². The second kappa shape index (κ2) is 4.46. The van der Waals surface area contributed by atoms with Crippen molar-refractivity contribution in [3.8, 4) is 11.5 Å². The number of hydrogen-bond acceptors (Lipinski definition) is 7. The Morgan fingerprint density at radius 2 is 2.22 bits per heavy atom. The van der Waals surface area contributed by atoms with Gasteiger partial charge >= 0.3 is 0 Å². The predicted molar refractivity (Wildman–Crippen MR) is 60.5 cm³/mol.